The van der Waals surface area contributed by atoms with Gasteiger partial charge in [0, 0.05) is 6.54 Å². The van der Waals surface area contributed by atoms with Crippen molar-refractivity contribution in [3.8, 4) is 0 Å². The predicted molar refractivity (Wildman–Crippen MR) is 83.1 cm³/mol. The van der Waals surface area contributed by atoms with Crippen molar-refractivity contribution in [3.05, 3.63) is 35.9 Å². The van der Waals surface area contributed by atoms with Gasteiger partial charge in [-0.2, -0.15) is 0 Å². The molecular weight excluding hydrogens is 256 g/mol. The Kier molecular flexibility index (Phi) is 6.50. The van der Waals surface area contributed by atoms with Gasteiger partial charge in [-0.15, -0.1) is 0 Å². The van der Waals surface area contributed by atoms with Crippen molar-refractivity contribution in [1.82, 2.24) is 5.32 Å². The van der Waals surface area contributed by atoms with Crippen LogP contribution in [0.1, 0.15) is 38.2 Å². The average molecular weight is 278 g/mol. The maximum absolute atomic E-state index is 12.2. The van der Waals surface area contributed by atoms with Gasteiger partial charge in [0.15, 0.2) is 0 Å². The van der Waals surface area contributed by atoms with Crippen LogP contribution in [0.15, 0.2) is 30.3 Å². The van der Waals surface area contributed by atoms with Gasteiger partial charge >= 0.3 is 0 Å². The Morgan fingerprint density at radius 1 is 1.32 bits per heavy atom. The summed E-state index contributed by atoms with van der Waals surface area (Å²) in [5.74, 6) is 0.00936. The standard InChI is InChI=1S/C15H22N2OS/c1-11(2)7-6-10-17-15(18)13(14(16)19)12-8-4-3-5-9-12/h3-5,8-9,11,13H,6-7,10H2,1-2H3,(H2,16,19)(H,17,18). The highest BCUT2D eigenvalue weighted by Crippen LogP contribution is 2.16. The minimum atomic E-state index is -0.532. The molecule has 1 amide bonds. The molecule has 1 atom stereocenters. The molecule has 0 spiro atoms. The molecule has 0 aliphatic heterocycles. The molecule has 1 unspecified atom stereocenters. The molecule has 3 nitrogen and oxygen atoms in total. The number of amides is 1. The molecule has 3 N–H and O–H groups in total. The second kappa shape index (κ2) is 7.89. The molecule has 1 rings (SSSR count). The fourth-order valence-corrected chi connectivity index (χ4v) is 2.16. The number of benzene rings is 1. The molecule has 0 aliphatic rings. The summed E-state index contributed by atoms with van der Waals surface area (Å²) in [6.07, 6.45) is 2.08. The van der Waals surface area contributed by atoms with Gasteiger partial charge in [-0.1, -0.05) is 56.4 Å². The van der Waals surface area contributed by atoms with Gasteiger partial charge in [-0.3, -0.25) is 4.79 Å². The second-order valence-electron chi connectivity index (χ2n) is 5.07. The van der Waals surface area contributed by atoms with Gasteiger partial charge in [-0.05, 0) is 24.3 Å². The fraction of sp³-hybridized carbons (Fsp3) is 0.467. The first-order valence-electron chi connectivity index (χ1n) is 6.64. The lowest BCUT2D eigenvalue weighted by Crippen LogP contribution is -2.36. The minimum absolute atomic E-state index is 0.109. The van der Waals surface area contributed by atoms with Gasteiger partial charge in [0.25, 0.3) is 0 Å². The number of nitrogens with one attached hydrogen (secondary N) is 1. The lowest BCUT2D eigenvalue weighted by molar-refractivity contribution is -0.121. The van der Waals surface area contributed by atoms with Gasteiger partial charge in [0.2, 0.25) is 5.91 Å². The third-order valence-corrected chi connectivity index (χ3v) is 3.17. The summed E-state index contributed by atoms with van der Waals surface area (Å²) >= 11 is 5.01. The van der Waals surface area contributed by atoms with Crippen molar-refractivity contribution in [2.45, 2.75) is 32.6 Å². The summed E-state index contributed by atoms with van der Waals surface area (Å²) in [5, 5.41) is 2.91. The highest BCUT2D eigenvalue weighted by Gasteiger charge is 2.22. The smallest absolute Gasteiger partial charge is 0.234 e. The first-order valence-corrected chi connectivity index (χ1v) is 7.05. The maximum atomic E-state index is 12.2. The van der Waals surface area contributed by atoms with Crippen LogP contribution in [0.2, 0.25) is 0 Å². The van der Waals surface area contributed by atoms with Crippen LogP contribution in [0.4, 0.5) is 0 Å². The summed E-state index contributed by atoms with van der Waals surface area (Å²) in [6, 6.07) is 9.41. The largest absolute Gasteiger partial charge is 0.392 e. The zero-order valence-electron chi connectivity index (χ0n) is 11.6. The molecule has 0 aliphatic carbocycles. The second-order valence-corrected chi connectivity index (χ2v) is 5.54. The Bertz CT molecular complexity index is 417. The molecule has 0 bridgehead atoms. The highest BCUT2D eigenvalue weighted by molar-refractivity contribution is 7.80. The number of carbonyl (C=O) groups is 1. The monoisotopic (exact) mass is 278 g/mol. The zero-order chi connectivity index (χ0) is 14.3. The van der Waals surface area contributed by atoms with Crippen LogP contribution in [0, 0.1) is 5.92 Å². The first kappa shape index (κ1) is 15.6. The normalized spacial score (nSPS) is 12.2. The number of nitrogens with two attached hydrogens (primary N) is 1. The Morgan fingerprint density at radius 3 is 2.47 bits per heavy atom. The summed E-state index contributed by atoms with van der Waals surface area (Å²) in [5.41, 5.74) is 6.54. The van der Waals surface area contributed by atoms with Crippen LogP contribution in [0.25, 0.3) is 0 Å². The van der Waals surface area contributed by atoms with E-state index in [-0.39, 0.29) is 10.9 Å². The SMILES string of the molecule is CC(C)CCCNC(=O)C(C(N)=S)c1ccccc1. The van der Waals surface area contributed by atoms with Crippen LogP contribution in [-0.2, 0) is 4.79 Å². The van der Waals surface area contributed by atoms with E-state index in [0.29, 0.717) is 12.5 Å². The van der Waals surface area contributed by atoms with E-state index in [1.54, 1.807) is 0 Å². The van der Waals surface area contributed by atoms with Gasteiger partial charge in [0.1, 0.15) is 5.92 Å². The summed E-state index contributed by atoms with van der Waals surface area (Å²) in [4.78, 5) is 12.4. The molecule has 0 aromatic heterocycles. The Hall–Kier alpha value is -1.42. The average Bonchev–Trinajstić information content (AvgIpc) is 2.35. The Labute approximate surface area is 120 Å². The van der Waals surface area contributed by atoms with Crippen molar-refractivity contribution in [1.29, 1.82) is 0 Å². The third-order valence-electron chi connectivity index (χ3n) is 2.94. The maximum Gasteiger partial charge on any atom is 0.234 e. The molecule has 1 aromatic carbocycles. The molecule has 4 heteroatoms. The number of rotatable bonds is 7. The number of carbonyl (C=O) groups excluding carboxylic acids is 1. The van der Waals surface area contributed by atoms with Crippen LogP contribution >= 0.6 is 12.2 Å². The van der Waals surface area contributed by atoms with Crippen LogP contribution in [-0.4, -0.2) is 17.4 Å². The molecular formula is C15H22N2OS. The van der Waals surface area contributed by atoms with E-state index in [2.05, 4.69) is 19.2 Å². The fourth-order valence-electron chi connectivity index (χ4n) is 1.91. The zero-order valence-corrected chi connectivity index (χ0v) is 12.4. The van der Waals surface area contributed by atoms with E-state index in [1.165, 1.54) is 0 Å². The molecule has 0 saturated carbocycles. The van der Waals surface area contributed by atoms with E-state index in [1.807, 2.05) is 30.3 Å². The van der Waals surface area contributed by atoms with Gasteiger partial charge in [-0.25, -0.2) is 0 Å². The van der Waals surface area contributed by atoms with E-state index in [0.717, 1.165) is 18.4 Å². The van der Waals surface area contributed by atoms with Crippen LogP contribution in [0.3, 0.4) is 0 Å². The molecule has 0 radical (unpaired) electrons. The molecule has 0 fully saturated rings. The van der Waals surface area contributed by atoms with Crippen LogP contribution in [0.5, 0.6) is 0 Å². The first-order chi connectivity index (χ1) is 9.02. The quantitative estimate of drug-likeness (QED) is 0.595. The molecule has 104 valence electrons. The van der Waals surface area contributed by atoms with Crippen LogP contribution < -0.4 is 11.1 Å². The number of hydrogen-bond donors (Lipinski definition) is 2. The molecule has 0 saturated heterocycles. The number of hydrogen-bond acceptors (Lipinski definition) is 2. The van der Waals surface area contributed by atoms with E-state index < -0.39 is 5.92 Å². The topological polar surface area (TPSA) is 55.1 Å². The highest BCUT2D eigenvalue weighted by atomic mass is 32.1. The molecule has 1 aromatic rings. The van der Waals surface area contributed by atoms with Gasteiger partial charge in [0.05, 0.1) is 4.99 Å². The third kappa shape index (κ3) is 5.39. The lowest BCUT2D eigenvalue weighted by Gasteiger charge is -2.16. The van der Waals surface area contributed by atoms with Crippen molar-refractivity contribution in [3.63, 3.8) is 0 Å². The van der Waals surface area contributed by atoms with Gasteiger partial charge < -0.3 is 11.1 Å². The summed E-state index contributed by atoms with van der Waals surface area (Å²) < 4.78 is 0. The minimum Gasteiger partial charge on any atom is -0.392 e. The van der Waals surface area contributed by atoms with E-state index in [9.17, 15) is 4.79 Å². The van der Waals surface area contributed by atoms with Crippen molar-refractivity contribution >= 4 is 23.1 Å². The molecule has 0 heterocycles. The summed E-state index contributed by atoms with van der Waals surface area (Å²) in [6.45, 7) is 5.01. The van der Waals surface area contributed by atoms with Crippen molar-refractivity contribution < 1.29 is 4.79 Å². The predicted octanol–water partition coefficient (Wildman–Crippen LogP) is 2.61. The molecule has 19 heavy (non-hydrogen) atoms. The van der Waals surface area contributed by atoms with E-state index in [4.69, 9.17) is 18.0 Å². The van der Waals surface area contributed by atoms with E-state index >= 15 is 0 Å². The summed E-state index contributed by atoms with van der Waals surface area (Å²) in [7, 11) is 0. The van der Waals surface area contributed by atoms with Crippen molar-refractivity contribution in [2.24, 2.45) is 11.7 Å². The van der Waals surface area contributed by atoms with Crippen molar-refractivity contribution in [2.75, 3.05) is 6.54 Å². The Morgan fingerprint density at radius 2 is 1.95 bits per heavy atom. The Balaban J connectivity index is 2.58. The lowest BCUT2D eigenvalue weighted by atomic mass is 9.98. The number of thiocarbonyl (C=S) groups is 1.